The number of nitrogens with zero attached hydrogens (tertiary/aromatic N) is 1. The van der Waals surface area contributed by atoms with Gasteiger partial charge in [0.2, 0.25) is 0 Å². The van der Waals surface area contributed by atoms with Crippen LogP contribution in [0.1, 0.15) is 11.3 Å². The van der Waals surface area contributed by atoms with Crippen molar-refractivity contribution >= 4 is 23.0 Å². The van der Waals surface area contributed by atoms with Gasteiger partial charge in [-0.1, -0.05) is 11.6 Å². The van der Waals surface area contributed by atoms with Crippen LogP contribution in [0.2, 0.25) is 5.02 Å². The van der Waals surface area contributed by atoms with Crippen molar-refractivity contribution in [1.29, 1.82) is 0 Å². The Morgan fingerprint density at radius 1 is 1.32 bits per heavy atom. The van der Waals surface area contributed by atoms with Gasteiger partial charge in [-0.3, -0.25) is 4.98 Å². The first kappa shape index (κ1) is 13.7. The summed E-state index contributed by atoms with van der Waals surface area (Å²) in [6.45, 7) is -0.636. The van der Waals surface area contributed by atoms with Crippen molar-refractivity contribution in [2.75, 3.05) is 5.32 Å². The molecule has 6 heteroatoms. The van der Waals surface area contributed by atoms with Gasteiger partial charge in [0.25, 0.3) is 0 Å². The molecule has 0 radical (unpaired) electrons. The smallest absolute Gasteiger partial charge is 0.148 e. The maximum absolute atomic E-state index is 13.5. The predicted molar refractivity (Wildman–Crippen MR) is 71.6 cm³/mol. The van der Waals surface area contributed by atoms with Crippen molar-refractivity contribution in [2.45, 2.75) is 13.2 Å². The van der Waals surface area contributed by atoms with Crippen LogP contribution in [-0.2, 0) is 13.2 Å². The van der Waals surface area contributed by atoms with E-state index in [1.165, 1.54) is 18.3 Å². The number of aromatic nitrogens is 1. The van der Waals surface area contributed by atoms with E-state index in [1.54, 1.807) is 12.1 Å². The van der Waals surface area contributed by atoms with E-state index in [9.17, 15) is 8.78 Å². The number of halogens is 3. The number of anilines is 2. The van der Waals surface area contributed by atoms with Gasteiger partial charge in [0.05, 0.1) is 17.6 Å². The summed E-state index contributed by atoms with van der Waals surface area (Å²) in [5, 5.41) is 3.35. The van der Waals surface area contributed by atoms with Gasteiger partial charge in [-0.2, -0.15) is 0 Å². The average Bonchev–Trinajstić information content (AvgIpc) is 2.41. The van der Waals surface area contributed by atoms with Crippen LogP contribution in [0.15, 0.2) is 30.5 Å². The van der Waals surface area contributed by atoms with Crippen molar-refractivity contribution in [3.05, 3.63) is 52.6 Å². The molecule has 1 heterocycles. The molecule has 0 unspecified atom stereocenters. The zero-order valence-electron chi connectivity index (χ0n) is 9.96. The van der Waals surface area contributed by atoms with Crippen LogP contribution in [0, 0.1) is 5.82 Å². The fraction of sp³-hybridized carbons (Fsp3) is 0.154. The van der Waals surface area contributed by atoms with E-state index < -0.39 is 12.5 Å². The maximum Gasteiger partial charge on any atom is 0.148 e. The molecule has 0 spiro atoms. The molecule has 0 fully saturated rings. The van der Waals surface area contributed by atoms with Crippen LogP contribution in [-0.4, -0.2) is 4.98 Å². The molecule has 1 aromatic carbocycles. The maximum atomic E-state index is 13.5. The minimum atomic E-state index is -0.667. The highest BCUT2D eigenvalue weighted by molar-refractivity contribution is 6.30. The molecule has 3 nitrogen and oxygen atoms in total. The number of alkyl halides is 1. The van der Waals surface area contributed by atoms with Crippen LogP contribution in [0.3, 0.4) is 0 Å². The van der Waals surface area contributed by atoms with Crippen molar-refractivity contribution in [3.8, 4) is 0 Å². The standard InChI is InChI=1S/C13H12ClF2N3/c14-9-1-2-12(8(3-9)5-15)19-10-4-11(16)13(6-17)18-7-10/h1-4,7,19H,5-6,17H2. The van der Waals surface area contributed by atoms with Gasteiger partial charge in [0.1, 0.15) is 12.5 Å². The van der Waals surface area contributed by atoms with Crippen molar-refractivity contribution in [3.63, 3.8) is 0 Å². The molecule has 0 aliphatic carbocycles. The molecule has 0 aliphatic rings. The molecule has 3 N–H and O–H groups in total. The van der Waals surface area contributed by atoms with E-state index in [1.807, 2.05) is 0 Å². The summed E-state index contributed by atoms with van der Waals surface area (Å²) in [6.07, 6.45) is 1.45. The molecule has 0 amide bonds. The molecule has 100 valence electrons. The highest BCUT2D eigenvalue weighted by Crippen LogP contribution is 2.25. The lowest BCUT2D eigenvalue weighted by Crippen LogP contribution is -2.04. The molecule has 19 heavy (non-hydrogen) atoms. The normalized spacial score (nSPS) is 10.5. The van der Waals surface area contributed by atoms with Crippen LogP contribution >= 0.6 is 11.6 Å². The van der Waals surface area contributed by atoms with Crippen molar-refractivity contribution in [1.82, 2.24) is 4.98 Å². The van der Waals surface area contributed by atoms with Crippen molar-refractivity contribution in [2.24, 2.45) is 5.73 Å². The number of nitrogens with two attached hydrogens (primary N) is 1. The fourth-order valence-corrected chi connectivity index (χ4v) is 1.83. The van der Waals surface area contributed by atoms with Crippen LogP contribution in [0.25, 0.3) is 0 Å². The minimum absolute atomic E-state index is 0.0305. The second-order valence-corrected chi connectivity index (χ2v) is 4.35. The molecular formula is C13H12ClF2N3. The van der Waals surface area contributed by atoms with Gasteiger partial charge in [0.15, 0.2) is 0 Å². The van der Waals surface area contributed by atoms with E-state index in [4.69, 9.17) is 17.3 Å². The van der Waals surface area contributed by atoms with Gasteiger partial charge in [0, 0.05) is 28.9 Å². The van der Waals surface area contributed by atoms with E-state index >= 15 is 0 Å². The zero-order chi connectivity index (χ0) is 13.8. The Kier molecular flexibility index (Phi) is 4.29. The summed E-state index contributed by atoms with van der Waals surface area (Å²) < 4.78 is 26.4. The predicted octanol–water partition coefficient (Wildman–Crippen LogP) is 3.55. The number of pyridine rings is 1. The SMILES string of the molecule is NCc1ncc(Nc2ccc(Cl)cc2CF)cc1F. The fourth-order valence-electron chi connectivity index (χ4n) is 1.64. The number of rotatable bonds is 4. The Hall–Kier alpha value is -1.72. The first-order chi connectivity index (χ1) is 9.13. The summed E-state index contributed by atoms with van der Waals surface area (Å²) in [5.41, 5.74) is 6.86. The van der Waals surface area contributed by atoms with Crippen LogP contribution < -0.4 is 11.1 Å². The number of benzene rings is 1. The molecule has 2 aromatic rings. The molecule has 0 atom stereocenters. The Labute approximate surface area is 114 Å². The Balaban J connectivity index is 2.28. The molecule has 0 aliphatic heterocycles. The van der Waals surface area contributed by atoms with Crippen LogP contribution in [0.5, 0.6) is 0 Å². The van der Waals surface area contributed by atoms with Crippen molar-refractivity contribution < 1.29 is 8.78 Å². The lowest BCUT2D eigenvalue weighted by molar-refractivity contribution is 0.486. The van der Waals surface area contributed by atoms with E-state index in [-0.39, 0.29) is 12.2 Å². The molecule has 0 bridgehead atoms. The second-order valence-electron chi connectivity index (χ2n) is 3.92. The lowest BCUT2D eigenvalue weighted by Gasteiger charge is -2.11. The Bertz CT molecular complexity index is 590. The summed E-state index contributed by atoms with van der Waals surface area (Å²) in [6, 6.07) is 6.04. The lowest BCUT2D eigenvalue weighted by atomic mass is 10.2. The summed E-state index contributed by atoms with van der Waals surface area (Å²) in [4.78, 5) is 3.88. The van der Waals surface area contributed by atoms with Gasteiger partial charge in [-0.15, -0.1) is 0 Å². The largest absolute Gasteiger partial charge is 0.354 e. The highest BCUT2D eigenvalue weighted by atomic mass is 35.5. The monoisotopic (exact) mass is 283 g/mol. The molecular weight excluding hydrogens is 272 g/mol. The molecule has 2 rings (SSSR count). The average molecular weight is 284 g/mol. The first-order valence-electron chi connectivity index (χ1n) is 5.60. The topological polar surface area (TPSA) is 50.9 Å². The Morgan fingerprint density at radius 2 is 2.11 bits per heavy atom. The summed E-state index contributed by atoms with van der Waals surface area (Å²) in [5.74, 6) is -0.497. The summed E-state index contributed by atoms with van der Waals surface area (Å²) >= 11 is 5.78. The molecule has 0 saturated heterocycles. The van der Waals surface area contributed by atoms with Gasteiger partial charge in [-0.25, -0.2) is 8.78 Å². The molecule has 1 aromatic heterocycles. The van der Waals surface area contributed by atoms with Gasteiger partial charge < -0.3 is 11.1 Å². The third-order valence-electron chi connectivity index (χ3n) is 2.60. The van der Waals surface area contributed by atoms with Crippen LogP contribution in [0.4, 0.5) is 20.2 Å². The third kappa shape index (κ3) is 3.19. The van der Waals surface area contributed by atoms with Gasteiger partial charge >= 0.3 is 0 Å². The van der Waals surface area contributed by atoms with Gasteiger partial charge in [-0.05, 0) is 18.2 Å². The highest BCUT2D eigenvalue weighted by Gasteiger charge is 2.07. The summed E-state index contributed by atoms with van der Waals surface area (Å²) in [7, 11) is 0. The van der Waals surface area contributed by atoms with E-state index in [0.29, 0.717) is 22.0 Å². The first-order valence-corrected chi connectivity index (χ1v) is 5.97. The third-order valence-corrected chi connectivity index (χ3v) is 2.84. The number of nitrogens with one attached hydrogen (secondary N) is 1. The minimum Gasteiger partial charge on any atom is -0.354 e. The Morgan fingerprint density at radius 3 is 2.74 bits per heavy atom. The second kappa shape index (κ2) is 5.95. The van der Waals surface area contributed by atoms with E-state index in [0.717, 1.165) is 0 Å². The zero-order valence-corrected chi connectivity index (χ0v) is 10.7. The van der Waals surface area contributed by atoms with E-state index in [2.05, 4.69) is 10.3 Å². The number of hydrogen-bond acceptors (Lipinski definition) is 3. The number of hydrogen-bond donors (Lipinski definition) is 2. The molecule has 0 saturated carbocycles. The quantitative estimate of drug-likeness (QED) is 0.902.